The SMILES string of the molecule is COc1ccc(N2Cc3cccc(C(=O)NCc4ccccc4Cl)c3C2=O)cc1. The molecule has 146 valence electrons. The highest BCUT2D eigenvalue weighted by atomic mass is 35.5. The second kappa shape index (κ2) is 7.97. The first-order valence-electron chi connectivity index (χ1n) is 9.18. The van der Waals surface area contributed by atoms with Gasteiger partial charge in [0.05, 0.1) is 24.8 Å². The van der Waals surface area contributed by atoms with E-state index in [1.54, 1.807) is 30.2 Å². The minimum absolute atomic E-state index is 0.186. The number of benzene rings is 3. The lowest BCUT2D eigenvalue weighted by molar-refractivity contribution is 0.0934. The first-order chi connectivity index (χ1) is 14.1. The molecule has 0 aromatic heterocycles. The van der Waals surface area contributed by atoms with Gasteiger partial charge in [-0.2, -0.15) is 0 Å². The molecule has 0 bridgehead atoms. The van der Waals surface area contributed by atoms with Crippen molar-refractivity contribution >= 4 is 29.1 Å². The number of anilines is 1. The van der Waals surface area contributed by atoms with E-state index in [1.165, 1.54) is 0 Å². The monoisotopic (exact) mass is 406 g/mol. The van der Waals surface area contributed by atoms with Crippen molar-refractivity contribution in [3.8, 4) is 5.75 Å². The zero-order valence-corrected chi connectivity index (χ0v) is 16.6. The molecule has 1 heterocycles. The van der Waals surface area contributed by atoms with Crippen molar-refractivity contribution < 1.29 is 14.3 Å². The Balaban J connectivity index is 1.56. The van der Waals surface area contributed by atoms with Crippen molar-refractivity contribution in [2.75, 3.05) is 12.0 Å². The Kier molecular flexibility index (Phi) is 5.23. The summed E-state index contributed by atoms with van der Waals surface area (Å²) in [6.07, 6.45) is 0. The molecule has 1 aliphatic heterocycles. The molecule has 5 nitrogen and oxygen atoms in total. The van der Waals surface area contributed by atoms with Crippen molar-refractivity contribution in [2.45, 2.75) is 13.1 Å². The van der Waals surface area contributed by atoms with Gasteiger partial charge in [-0.15, -0.1) is 0 Å². The van der Waals surface area contributed by atoms with Gasteiger partial charge in [0.15, 0.2) is 0 Å². The number of nitrogens with one attached hydrogen (secondary N) is 1. The van der Waals surface area contributed by atoms with Gasteiger partial charge < -0.3 is 15.0 Å². The molecule has 0 saturated carbocycles. The molecular weight excluding hydrogens is 388 g/mol. The molecule has 4 rings (SSSR count). The Morgan fingerprint density at radius 3 is 2.55 bits per heavy atom. The summed E-state index contributed by atoms with van der Waals surface area (Å²) in [5.41, 5.74) is 3.22. The van der Waals surface area contributed by atoms with E-state index in [-0.39, 0.29) is 11.8 Å². The van der Waals surface area contributed by atoms with Crippen LogP contribution in [0.5, 0.6) is 5.75 Å². The Morgan fingerprint density at radius 1 is 1.07 bits per heavy atom. The highest BCUT2D eigenvalue weighted by Gasteiger charge is 2.32. The van der Waals surface area contributed by atoms with Crippen molar-refractivity contribution in [1.29, 1.82) is 0 Å². The maximum atomic E-state index is 13.1. The van der Waals surface area contributed by atoms with Gasteiger partial charge in [0.1, 0.15) is 5.75 Å². The number of ether oxygens (including phenoxy) is 1. The molecule has 0 spiro atoms. The van der Waals surface area contributed by atoms with E-state index in [9.17, 15) is 9.59 Å². The molecule has 0 fully saturated rings. The van der Waals surface area contributed by atoms with Gasteiger partial charge >= 0.3 is 0 Å². The van der Waals surface area contributed by atoms with Crippen LogP contribution < -0.4 is 15.0 Å². The molecule has 3 aromatic carbocycles. The molecule has 2 amide bonds. The standard InChI is InChI=1S/C23H19ClN2O3/c1-29-18-11-9-17(10-12-18)26-14-16-6-4-7-19(21(16)23(26)28)22(27)25-13-15-5-2-3-8-20(15)24/h2-12H,13-14H2,1H3,(H,25,27). The van der Waals surface area contributed by atoms with Crippen molar-refractivity contribution in [2.24, 2.45) is 0 Å². The van der Waals surface area contributed by atoms with E-state index < -0.39 is 0 Å². The van der Waals surface area contributed by atoms with E-state index in [1.807, 2.05) is 48.5 Å². The molecule has 0 atom stereocenters. The number of fused-ring (bicyclic) bond motifs is 1. The Bertz CT molecular complexity index is 1080. The van der Waals surface area contributed by atoms with Gasteiger partial charge in [-0.05, 0) is 47.5 Å². The Hall–Kier alpha value is -3.31. The van der Waals surface area contributed by atoms with Crippen LogP contribution in [0.15, 0.2) is 66.7 Å². The van der Waals surface area contributed by atoms with Crippen LogP contribution in [-0.2, 0) is 13.1 Å². The molecule has 6 heteroatoms. The van der Waals surface area contributed by atoms with Crippen LogP contribution in [0.4, 0.5) is 5.69 Å². The Labute approximate surface area is 173 Å². The number of carbonyl (C=O) groups is 2. The largest absolute Gasteiger partial charge is 0.497 e. The van der Waals surface area contributed by atoms with E-state index in [0.717, 1.165) is 22.6 Å². The number of rotatable bonds is 5. The van der Waals surface area contributed by atoms with Gasteiger partial charge in [-0.1, -0.05) is 41.9 Å². The van der Waals surface area contributed by atoms with E-state index in [2.05, 4.69) is 5.32 Å². The first kappa shape index (κ1) is 19.0. The molecule has 3 aromatic rings. The second-order valence-corrected chi connectivity index (χ2v) is 7.11. The minimum atomic E-state index is -0.299. The zero-order valence-electron chi connectivity index (χ0n) is 15.8. The number of amides is 2. The average Bonchev–Trinajstić information content (AvgIpc) is 3.09. The van der Waals surface area contributed by atoms with Crippen molar-refractivity contribution in [3.63, 3.8) is 0 Å². The predicted molar refractivity (Wildman–Crippen MR) is 113 cm³/mol. The van der Waals surface area contributed by atoms with Gasteiger partial charge in [-0.25, -0.2) is 0 Å². The summed E-state index contributed by atoms with van der Waals surface area (Å²) < 4.78 is 5.18. The van der Waals surface area contributed by atoms with Crippen LogP contribution in [0.1, 0.15) is 31.8 Å². The van der Waals surface area contributed by atoms with E-state index >= 15 is 0 Å². The van der Waals surface area contributed by atoms with E-state index in [4.69, 9.17) is 16.3 Å². The first-order valence-corrected chi connectivity index (χ1v) is 9.55. The van der Waals surface area contributed by atoms with Gasteiger partial charge in [0.2, 0.25) is 0 Å². The number of hydrogen-bond donors (Lipinski definition) is 1. The third kappa shape index (κ3) is 3.69. The fourth-order valence-corrected chi connectivity index (χ4v) is 3.64. The number of carbonyl (C=O) groups excluding carboxylic acids is 2. The summed E-state index contributed by atoms with van der Waals surface area (Å²) in [6.45, 7) is 0.713. The molecule has 0 saturated heterocycles. The second-order valence-electron chi connectivity index (χ2n) is 6.70. The predicted octanol–water partition coefficient (Wildman–Crippen LogP) is 4.44. The van der Waals surface area contributed by atoms with Crippen LogP contribution in [0.25, 0.3) is 0 Å². The lowest BCUT2D eigenvalue weighted by Crippen LogP contribution is -2.27. The average molecular weight is 407 g/mol. The summed E-state index contributed by atoms with van der Waals surface area (Å²) in [5.74, 6) is 0.234. The maximum absolute atomic E-state index is 13.1. The topological polar surface area (TPSA) is 58.6 Å². The smallest absolute Gasteiger partial charge is 0.259 e. The highest BCUT2D eigenvalue weighted by Crippen LogP contribution is 2.31. The van der Waals surface area contributed by atoms with E-state index in [0.29, 0.717) is 29.2 Å². The highest BCUT2D eigenvalue weighted by molar-refractivity contribution is 6.31. The van der Waals surface area contributed by atoms with Gasteiger partial charge in [0.25, 0.3) is 11.8 Å². The molecule has 0 unspecified atom stereocenters. The Morgan fingerprint density at radius 2 is 1.83 bits per heavy atom. The van der Waals surface area contributed by atoms with Crippen LogP contribution in [0.2, 0.25) is 5.02 Å². The summed E-state index contributed by atoms with van der Waals surface area (Å²) in [7, 11) is 1.60. The van der Waals surface area contributed by atoms with Gasteiger partial charge in [0, 0.05) is 17.3 Å². The molecule has 1 N–H and O–H groups in total. The van der Waals surface area contributed by atoms with Gasteiger partial charge in [-0.3, -0.25) is 9.59 Å². The van der Waals surface area contributed by atoms with Crippen LogP contribution in [0.3, 0.4) is 0 Å². The summed E-state index contributed by atoms with van der Waals surface area (Å²) in [6, 6.07) is 20.0. The molecule has 29 heavy (non-hydrogen) atoms. The fraction of sp³-hybridized carbons (Fsp3) is 0.130. The lowest BCUT2D eigenvalue weighted by atomic mass is 10.0. The molecule has 0 radical (unpaired) electrons. The number of halogens is 1. The number of methoxy groups -OCH3 is 1. The number of hydrogen-bond acceptors (Lipinski definition) is 3. The number of nitrogens with zero attached hydrogens (tertiary/aromatic N) is 1. The van der Waals surface area contributed by atoms with Crippen LogP contribution in [0, 0.1) is 0 Å². The normalized spacial score (nSPS) is 12.6. The molecular formula is C23H19ClN2O3. The quantitative estimate of drug-likeness (QED) is 0.681. The third-order valence-corrected chi connectivity index (χ3v) is 5.33. The van der Waals surface area contributed by atoms with Crippen molar-refractivity contribution in [3.05, 3.63) is 94.0 Å². The fourth-order valence-electron chi connectivity index (χ4n) is 3.43. The lowest BCUT2D eigenvalue weighted by Gasteiger charge is -2.16. The molecule has 1 aliphatic rings. The van der Waals surface area contributed by atoms with Crippen LogP contribution in [-0.4, -0.2) is 18.9 Å². The van der Waals surface area contributed by atoms with Crippen molar-refractivity contribution in [1.82, 2.24) is 5.32 Å². The van der Waals surface area contributed by atoms with Crippen LogP contribution >= 0.6 is 11.6 Å². The zero-order chi connectivity index (χ0) is 20.4. The summed E-state index contributed by atoms with van der Waals surface area (Å²) >= 11 is 6.16. The summed E-state index contributed by atoms with van der Waals surface area (Å²) in [4.78, 5) is 27.6. The third-order valence-electron chi connectivity index (χ3n) is 4.96. The minimum Gasteiger partial charge on any atom is -0.497 e. The summed E-state index contributed by atoms with van der Waals surface area (Å²) in [5, 5.41) is 3.46. The molecule has 0 aliphatic carbocycles. The maximum Gasteiger partial charge on any atom is 0.259 e.